The number of nitrogens with one attached hydrogen (secondary N) is 2. The van der Waals surface area contributed by atoms with Crippen molar-refractivity contribution in [2.75, 3.05) is 13.2 Å². The summed E-state index contributed by atoms with van der Waals surface area (Å²) in [6.45, 7) is 1.36. The summed E-state index contributed by atoms with van der Waals surface area (Å²) in [7, 11) is 0. The van der Waals surface area contributed by atoms with Crippen molar-refractivity contribution in [3.8, 4) is 0 Å². The lowest BCUT2D eigenvalue weighted by atomic mass is 10.2. The van der Waals surface area contributed by atoms with Gasteiger partial charge in [0.1, 0.15) is 5.82 Å². The van der Waals surface area contributed by atoms with Crippen LogP contribution in [0.25, 0.3) is 0 Å². The summed E-state index contributed by atoms with van der Waals surface area (Å²) < 4.78 is 18.2. The van der Waals surface area contributed by atoms with E-state index in [4.69, 9.17) is 17.0 Å². The molecule has 1 amide bonds. The van der Waals surface area contributed by atoms with Crippen LogP contribution in [0.15, 0.2) is 24.3 Å². The monoisotopic (exact) mass is 282 g/mol. The van der Waals surface area contributed by atoms with Crippen LogP contribution in [0.2, 0.25) is 0 Å². The number of hydrogen-bond donors (Lipinski definition) is 2. The molecule has 0 aliphatic carbocycles. The van der Waals surface area contributed by atoms with Gasteiger partial charge in [-0.15, -0.1) is 0 Å². The Kier molecular flexibility index (Phi) is 4.81. The quantitative estimate of drug-likeness (QED) is 0.827. The minimum Gasteiger partial charge on any atom is -0.376 e. The topological polar surface area (TPSA) is 50.4 Å². The minimum atomic E-state index is -0.379. The van der Waals surface area contributed by atoms with Gasteiger partial charge in [0.25, 0.3) is 5.91 Å². The molecule has 1 fully saturated rings. The number of ether oxygens (including phenoxy) is 1. The SMILES string of the molecule is O=C(NC(=S)NC[C@@H]1CCCO1)c1ccc(F)cc1. The van der Waals surface area contributed by atoms with Crippen molar-refractivity contribution in [2.45, 2.75) is 18.9 Å². The third-order valence-electron chi connectivity index (χ3n) is 2.85. The van der Waals surface area contributed by atoms with Gasteiger partial charge >= 0.3 is 0 Å². The van der Waals surface area contributed by atoms with Gasteiger partial charge in [0, 0.05) is 18.7 Å². The van der Waals surface area contributed by atoms with E-state index >= 15 is 0 Å². The molecule has 1 aromatic carbocycles. The molecule has 1 saturated heterocycles. The molecule has 1 heterocycles. The molecule has 4 nitrogen and oxygen atoms in total. The molecule has 0 radical (unpaired) electrons. The highest BCUT2D eigenvalue weighted by atomic mass is 32.1. The van der Waals surface area contributed by atoms with Crippen LogP contribution < -0.4 is 10.6 Å². The van der Waals surface area contributed by atoms with Crippen LogP contribution >= 0.6 is 12.2 Å². The average Bonchev–Trinajstić information content (AvgIpc) is 2.90. The number of amides is 1. The van der Waals surface area contributed by atoms with Gasteiger partial charge in [-0.2, -0.15) is 0 Å². The lowest BCUT2D eigenvalue weighted by Crippen LogP contribution is -2.42. The number of rotatable bonds is 3. The first-order valence-corrected chi connectivity index (χ1v) is 6.52. The fourth-order valence-corrected chi connectivity index (χ4v) is 2.01. The molecule has 1 aliphatic heterocycles. The molecule has 102 valence electrons. The van der Waals surface area contributed by atoms with E-state index in [0.29, 0.717) is 12.1 Å². The number of benzene rings is 1. The van der Waals surface area contributed by atoms with Crippen molar-refractivity contribution in [1.82, 2.24) is 10.6 Å². The van der Waals surface area contributed by atoms with Crippen molar-refractivity contribution >= 4 is 23.2 Å². The molecule has 6 heteroatoms. The summed E-state index contributed by atoms with van der Waals surface area (Å²) in [4.78, 5) is 11.8. The van der Waals surface area contributed by atoms with Crippen LogP contribution in [0.3, 0.4) is 0 Å². The summed E-state index contributed by atoms with van der Waals surface area (Å²) >= 11 is 5.02. The smallest absolute Gasteiger partial charge is 0.257 e. The zero-order valence-corrected chi connectivity index (χ0v) is 11.1. The van der Waals surface area contributed by atoms with Crippen molar-refractivity contribution < 1.29 is 13.9 Å². The highest BCUT2D eigenvalue weighted by molar-refractivity contribution is 7.80. The molecule has 0 spiro atoms. The van der Waals surface area contributed by atoms with E-state index in [1.807, 2.05) is 0 Å². The predicted molar refractivity (Wildman–Crippen MR) is 73.4 cm³/mol. The van der Waals surface area contributed by atoms with Crippen LogP contribution in [0.4, 0.5) is 4.39 Å². The average molecular weight is 282 g/mol. The minimum absolute atomic E-state index is 0.153. The van der Waals surface area contributed by atoms with Crippen molar-refractivity contribution in [2.24, 2.45) is 0 Å². The normalized spacial score (nSPS) is 18.1. The third kappa shape index (κ3) is 4.25. The standard InChI is InChI=1S/C13H15FN2O2S/c14-10-5-3-9(4-6-10)12(17)16-13(19)15-8-11-2-1-7-18-11/h3-6,11H,1-2,7-8H2,(H2,15,16,17,19)/t11-/m0/s1. The van der Waals surface area contributed by atoms with E-state index in [1.165, 1.54) is 24.3 Å². The van der Waals surface area contributed by atoms with Crippen LogP contribution in [0, 0.1) is 5.82 Å². The van der Waals surface area contributed by atoms with E-state index in [2.05, 4.69) is 10.6 Å². The van der Waals surface area contributed by atoms with Gasteiger partial charge in [0.2, 0.25) is 0 Å². The summed E-state index contributed by atoms with van der Waals surface area (Å²) in [5.41, 5.74) is 0.364. The maximum Gasteiger partial charge on any atom is 0.257 e. The number of carbonyl (C=O) groups excluding carboxylic acids is 1. The van der Waals surface area contributed by atoms with Gasteiger partial charge in [0.15, 0.2) is 5.11 Å². The summed E-state index contributed by atoms with van der Waals surface area (Å²) in [6.07, 6.45) is 2.21. The van der Waals surface area contributed by atoms with Crippen LogP contribution in [-0.2, 0) is 4.74 Å². The van der Waals surface area contributed by atoms with Gasteiger partial charge in [0.05, 0.1) is 6.10 Å². The van der Waals surface area contributed by atoms with Gasteiger partial charge in [-0.25, -0.2) is 4.39 Å². The van der Waals surface area contributed by atoms with Gasteiger partial charge in [-0.3, -0.25) is 10.1 Å². The maximum absolute atomic E-state index is 12.7. The Bertz CT molecular complexity index is 458. The Balaban J connectivity index is 1.77. The Morgan fingerprint density at radius 1 is 1.42 bits per heavy atom. The Labute approximate surface area is 116 Å². The summed E-state index contributed by atoms with van der Waals surface area (Å²) in [5, 5.41) is 5.73. The van der Waals surface area contributed by atoms with Crippen LogP contribution in [0.1, 0.15) is 23.2 Å². The van der Waals surface area contributed by atoms with E-state index < -0.39 is 0 Å². The Morgan fingerprint density at radius 2 is 2.16 bits per heavy atom. The van der Waals surface area contributed by atoms with Gasteiger partial charge in [-0.05, 0) is 49.3 Å². The molecular weight excluding hydrogens is 267 g/mol. The van der Waals surface area contributed by atoms with Crippen LogP contribution in [-0.4, -0.2) is 30.3 Å². The first-order chi connectivity index (χ1) is 9.15. The number of thiocarbonyl (C=S) groups is 1. The van der Waals surface area contributed by atoms with Crippen LogP contribution in [0.5, 0.6) is 0 Å². The fraction of sp³-hybridized carbons (Fsp3) is 0.385. The van der Waals surface area contributed by atoms with E-state index in [-0.39, 0.29) is 22.9 Å². The molecular formula is C13H15FN2O2S. The molecule has 1 aromatic rings. The largest absolute Gasteiger partial charge is 0.376 e. The molecule has 1 atom stereocenters. The lowest BCUT2D eigenvalue weighted by molar-refractivity contribution is 0.0973. The van der Waals surface area contributed by atoms with E-state index in [0.717, 1.165) is 19.4 Å². The van der Waals surface area contributed by atoms with E-state index in [1.54, 1.807) is 0 Å². The zero-order valence-electron chi connectivity index (χ0n) is 10.3. The molecule has 1 aliphatic rings. The number of hydrogen-bond acceptors (Lipinski definition) is 3. The molecule has 2 N–H and O–H groups in total. The predicted octanol–water partition coefficient (Wildman–Crippen LogP) is 1.61. The maximum atomic E-state index is 12.7. The highest BCUT2D eigenvalue weighted by Gasteiger charge is 2.16. The zero-order chi connectivity index (χ0) is 13.7. The molecule has 2 rings (SSSR count). The highest BCUT2D eigenvalue weighted by Crippen LogP contribution is 2.10. The molecule has 0 aromatic heterocycles. The summed E-state index contributed by atoms with van der Waals surface area (Å²) in [6, 6.07) is 5.29. The first-order valence-electron chi connectivity index (χ1n) is 6.11. The molecule has 0 bridgehead atoms. The molecule has 0 unspecified atom stereocenters. The second kappa shape index (κ2) is 6.58. The first kappa shape index (κ1) is 13.9. The second-order valence-corrected chi connectivity index (χ2v) is 4.71. The molecule has 0 saturated carbocycles. The second-order valence-electron chi connectivity index (χ2n) is 4.31. The Hall–Kier alpha value is -1.53. The van der Waals surface area contributed by atoms with Gasteiger partial charge in [-0.1, -0.05) is 0 Å². The number of halogens is 1. The van der Waals surface area contributed by atoms with Crippen molar-refractivity contribution in [3.05, 3.63) is 35.6 Å². The van der Waals surface area contributed by atoms with E-state index in [9.17, 15) is 9.18 Å². The third-order valence-corrected chi connectivity index (χ3v) is 3.09. The van der Waals surface area contributed by atoms with Gasteiger partial charge < -0.3 is 10.1 Å². The molecule has 19 heavy (non-hydrogen) atoms. The fourth-order valence-electron chi connectivity index (χ4n) is 1.83. The Morgan fingerprint density at radius 3 is 2.79 bits per heavy atom. The number of carbonyl (C=O) groups is 1. The lowest BCUT2D eigenvalue weighted by Gasteiger charge is -2.13. The summed E-state index contributed by atoms with van der Waals surface area (Å²) in [5.74, 6) is -0.736. The van der Waals surface area contributed by atoms with Crippen molar-refractivity contribution in [3.63, 3.8) is 0 Å². The van der Waals surface area contributed by atoms with Crippen molar-refractivity contribution in [1.29, 1.82) is 0 Å².